The summed E-state index contributed by atoms with van der Waals surface area (Å²) in [6.07, 6.45) is 0.0748. The molecule has 1 saturated carbocycles. The van der Waals surface area contributed by atoms with Crippen LogP contribution in [-0.4, -0.2) is 63.6 Å². The predicted octanol–water partition coefficient (Wildman–Crippen LogP) is -0.623. The summed E-state index contributed by atoms with van der Waals surface area (Å²) < 4.78 is 0. The van der Waals surface area contributed by atoms with E-state index in [2.05, 4.69) is 5.32 Å². The molecule has 0 radical (unpaired) electrons. The van der Waals surface area contributed by atoms with Gasteiger partial charge >= 0.3 is 12.0 Å². The molecule has 0 aromatic rings. The number of carbonyl (C=O) groups excluding carboxylic acids is 1. The summed E-state index contributed by atoms with van der Waals surface area (Å²) in [6, 6.07) is -0.831. The van der Waals surface area contributed by atoms with E-state index in [1.54, 1.807) is 6.92 Å². The Morgan fingerprint density at radius 2 is 1.84 bits per heavy atom. The fraction of sp³-hybridized carbons (Fsp3) is 0.833. The van der Waals surface area contributed by atoms with E-state index in [0.29, 0.717) is 12.8 Å². The zero-order chi connectivity index (χ0) is 14.2. The van der Waals surface area contributed by atoms with Crippen molar-refractivity contribution in [1.82, 2.24) is 10.2 Å². The van der Waals surface area contributed by atoms with E-state index in [9.17, 15) is 24.9 Å². The number of hydrogen-bond donors (Lipinski definition) is 4. The van der Waals surface area contributed by atoms with E-state index < -0.39 is 35.7 Å². The molecule has 108 valence electrons. The zero-order valence-electron chi connectivity index (χ0n) is 10.9. The van der Waals surface area contributed by atoms with Gasteiger partial charge in [0.05, 0.1) is 30.7 Å². The number of hydrogen-bond acceptors (Lipinski definition) is 4. The number of likely N-dealkylation sites (tertiary alicyclic amines) is 1. The third-order valence-corrected chi connectivity index (χ3v) is 4.29. The molecule has 1 heterocycles. The Hall–Kier alpha value is -1.34. The number of rotatable bonds is 2. The molecule has 2 amide bonds. The van der Waals surface area contributed by atoms with Gasteiger partial charge in [-0.05, 0) is 19.8 Å². The number of amides is 2. The molecular formula is C12H20N2O5. The molecule has 2 rings (SSSR count). The maximum absolute atomic E-state index is 12.0. The first-order chi connectivity index (χ1) is 8.84. The van der Waals surface area contributed by atoms with Crippen LogP contribution in [-0.2, 0) is 4.79 Å². The predicted molar refractivity (Wildman–Crippen MR) is 65.5 cm³/mol. The summed E-state index contributed by atoms with van der Waals surface area (Å²) in [6.45, 7) is 1.79. The number of carbonyl (C=O) groups is 2. The summed E-state index contributed by atoms with van der Waals surface area (Å²) in [4.78, 5) is 24.6. The van der Waals surface area contributed by atoms with E-state index in [1.165, 1.54) is 4.90 Å². The SMILES string of the molecule is CC1(C(=O)O)CCCC1NC(=O)N1CC(O)C(O)C1. The molecule has 1 aliphatic carbocycles. The fourth-order valence-corrected chi connectivity index (χ4v) is 2.83. The Kier molecular flexibility index (Phi) is 3.69. The van der Waals surface area contributed by atoms with E-state index in [1.807, 2.05) is 0 Å². The highest BCUT2D eigenvalue weighted by atomic mass is 16.4. The number of carboxylic acids is 1. The molecule has 4 N–H and O–H groups in total. The van der Waals surface area contributed by atoms with E-state index in [0.717, 1.165) is 6.42 Å². The Balaban J connectivity index is 1.98. The standard InChI is InChI=1S/C12H20N2O5/c1-12(10(17)18)4-2-3-9(12)13-11(19)14-5-7(15)8(16)6-14/h7-9,15-16H,2-6H2,1H3,(H,13,19)(H,17,18). The van der Waals surface area contributed by atoms with Gasteiger partial charge in [-0.1, -0.05) is 6.42 Å². The average molecular weight is 272 g/mol. The number of aliphatic hydroxyl groups is 2. The topological polar surface area (TPSA) is 110 Å². The first kappa shape index (κ1) is 14.1. The number of nitrogens with one attached hydrogen (secondary N) is 1. The summed E-state index contributed by atoms with van der Waals surface area (Å²) in [5.41, 5.74) is -0.938. The Morgan fingerprint density at radius 1 is 1.26 bits per heavy atom. The lowest BCUT2D eigenvalue weighted by Crippen LogP contribution is -2.51. The Labute approximate surface area is 111 Å². The van der Waals surface area contributed by atoms with Gasteiger partial charge in [0.25, 0.3) is 0 Å². The molecule has 19 heavy (non-hydrogen) atoms. The summed E-state index contributed by atoms with van der Waals surface area (Å²) in [7, 11) is 0. The molecule has 0 aromatic heterocycles. The van der Waals surface area contributed by atoms with Crippen molar-refractivity contribution in [3.8, 4) is 0 Å². The quantitative estimate of drug-likeness (QED) is 0.535. The van der Waals surface area contributed by atoms with Crippen molar-refractivity contribution in [2.24, 2.45) is 5.41 Å². The highest BCUT2D eigenvalue weighted by Gasteiger charge is 2.46. The lowest BCUT2D eigenvalue weighted by molar-refractivity contribution is -0.148. The van der Waals surface area contributed by atoms with Crippen molar-refractivity contribution in [2.75, 3.05) is 13.1 Å². The molecule has 7 heteroatoms. The third kappa shape index (κ3) is 2.52. The molecule has 4 atom stereocenters. The van der Waals surface area contributed by atoms with Gasteiger partial charge in [-0.2, -0.15) is 0 Å². The smallest absolute Gasteiger partial charge is 0.317 e. The molecule has 0 aromatic carbocycles. The van der Waals surface area contributed by atoms with Gasteiger partial charge in [-0.25, -0.2) is 4.79 Å². The summed E-state index contributed by atoms with van der Waals surface area (Å²) in [5, 5.41) is 30.8. The van der Waals surface area contributed by atoms with Crippen LogP contribution in [0.2, 0.25) is 0 Å². The van der Waals surface area contributed by atoms with Crippen LogP contribution < -0.4 is 5.32 Å². The lowest BCUT2D eigenvalue weighted by Gasteiger charge is -2.29. The minimum Gasteiger partial charge on any atom is -0.481 e. The van der Waals surface area contributed by atoms with Gasteiger partial charge in [0.1, 0.15) is 0 Å². The van der Waals surface area contributed by atoms with E-state index >= 15 is 0 Å². The molecule has 2 aliphatic rings. The third-order valence-electron chi connectivity index (χ3n) is 4.29. The molecule has 0 bridgehead atoms. The number of aliphatic carboxylic acids is 1. The minimum absolute atomic E-state index is 0.0729. The van der Waals surface area contributed by atoms with Crippen molar-refractivity contribution < 1.29 is 24.9 Å². The van der Waals surface area contributed by atoms with Crippen LogP contribution in [0.25, 0.3) is 0 Å². The summed E-state index contributed by atoms with van der Waals surface area (Å²) >= 11 is 0. The second-order valence-electron chi connectivity index (χ2n) is 5.66. The van der Waals surface area contributed by atoms with Gasteiger partial charge < -0.3 is 25.5 Å². The number of nitrogens with zero attached hydrogens (tertiary/aromatic N) is 1. The van der Waals surface area contributed by atoms with Crippen LogP contribution >= 0.6 is 0 Å². The van der Waals surface area contributed by atoms with Gasteiger partial charge in [-0.3, -0.25) is 4.79 Å². The van der Waals surface area contributed by atoms with Gasteiger partial charge in [-0.15, -0.1) is 0 Å². The van der Waals surface area contributed by atoms with Gasteiger partial charge in [0.2, 0.25) is 0 Å². The first-order valence-corrected chi connectivity index (χ1v) is 6.49. The lowest BCUT2D eigenvalue weighted by atomic mass is 9.85. The van der Waals surface area contributed by atoms with Crippen molar-refractivity contribution in [2.45, 2.75) is 44.4 Å². The monoisotopic (exact) mass is 272 g/mol. The van der Waals surface area contributed by atoms with Gasteiger partial charge in [0.15, 0.2) is 0 Å². The Bertz CT molecular complexity index is 378. The fourth-order valence-electron chi connectivity index (χ4n) is 2.83. The molecule has 0 spiro atoms. The van der Waals surface area contributed by atoms with Gasteiger partial charge in [0, 0.05) is 6.04 Å². The largest absolute Gasteiger partial charge is 0.481 e. The molecule has 7 nitrogen and oxygen atoms in total. The number of aliphatic hydroxyl groups excluding tert-OH is 2. The van der Waals surface area contributed by atoms with Crippen LogP contribution in [0.3, 0.4) is 0 Å². The highest BCUT2D eigenvalue weighted by molar-refractivity contribution is 5.79. The van der Waals surface area contributed by atoms with Crippen molar-refractivity contribution >= 4 is 12.0 Å². The van der Waals surface area contributed by atoms with Crippen molar-refractivity contribution in [3.63, 3.8) is 0 Å². The molecule has 1 aliphatic heterocycles. The molecular weight excluding hydrogens is 252 g/mol. The second-order valence-corrected chi connectivity index (χ2v) is 5.66. The maximum atomic E-state index is 12.0. The molecule has 2 fully saturated rings. The normalized spacial score (nSPS) is 38.5. The van der Waals surface area contributed by atoms with Crippen LogP contribution in [0.15, 0.2) is 0 Å². The summed E-state index contributed by atoms with van der Waals surface area (Å²) in [5.74, 6) is -0.906. The minimum atomic E-state index is -0.938. The van der Waals surface area contributed by atoms with Crippen LogP contribution in [0, 0.1) is 5.41 Å². The van der Waals surface area contributed by atoms with Crippen LogP contribution in [0.5, 0.6) is 0 Å². The maximum Gasteiger partial charge on any atom is 0.317 e. The first-order valence-electron chi connectivity index (χ1n) is 6.49. The molecule has 1 saturated heterocycles. The number of carboxylic acid groups (broad SMARTS) is 1. The van der Waals surface area contributed by atoms with E-state index in [-0.39, 0.29) is 13.1 Å². The second kappa shape index (κ2) is 4.97. The van der Waals surface area contributed by atoms with Crippen molar-refractivity contribution in [1.29, 1.82) is 0 Å². The van der Waals surface area contributed by atoms with E-state index in [4.69, 9.17) is 0 Å². The number of β-amino-alcohol motifs (C(OH)–C–C–N with tert-alkyl or cyclic N) is 2. The highest BCUT2D eigenvalue weighted by Crippen LogP contribution is 2.38. The van der Waals surface area contributed by atoms with Crippen molar-refractivity contribution in [3.05, 3.63) is 0 Å². The van der Waals surface area contributed by atoms with Crippen LogP contribution in [0.4, 0.5) is 4.79 Å². The zero-order valence-corrected chi connectivity index (χ0v) is 10.9. The Morgan fingerprint density at radius 3 is 2.37 bits per heavy atom. The average Bonchev–Trinajstić information content (AvgIpc) is 2.86. The van der Waals surface area contributed by atoms with Crippen LogP contribution in [0.1, 0.15) is 26.2 Å². The number of urea groups is 1. The molecule has 4 unspecified atom stereocenters.